The second kappa shape index (κ2) is 7.62. The quantitative estimate of drug-likeness (QED) is 0.481. The van der Waals surface area contributed by atoms with E-state index in [-0.39, 0.29) is 29.6 Å². The van der Waals surface area contributed by atoms with Crippen LogP contribution in [0.5, 0.6) is 0 Å². The number of nitrogens with zero attached hydrogens (tertiary/aromatic N) is 3. The number of aromatic nitrogens is 4. The normalized spacial score (nSPS) is 13.5. The second-order valence-electron chi connectivity index (χ2n) is 7.05. The molecular formula is C21H22N4O4. The average molecular weight is 394 g/mol. The van der Waals surface area contributed by atoms with Crippen molar-refractivity contribution in [1.82, 2.24) is 20.3 Å². The van der Waals surface area contributed by atoms with Crippen LogP contribution >= 0.6 is 0 Å². The predicted octanol–water partition coefficient (Wildman–Crippen LogP) is 3.62. The first-order valence-corrected chi connectivity index (χ1v) is 9.76. The van der Waals surface area contributed by atoms with Crippen molar-refractivity contribution in [3.05, 3.63) is 52.2 Å². The third-order valence-electron chi connectivity index (χ3n) is 5.23. The maximum absolute atomic E-state index is 13.6. The van der Waals surface area contributed by atoms with E-state index in [1.807, 2.05) is 19.9 Å². The van der Waals surface area contributed by atoms with Crippen molar-refractivity contribution in [2.24, 2.45) is 0 Å². The molecule has 1 saturated carbocycles. The molecule has 1 aliphatic carbocycles. The molecule has 0 atom stereocenters. The molecule has 0 aliphatic heterocycles. The van der Waals surface area contributed by atoms with Gasteiger partial charge < -0.3 is 9.26 Å². The minimum atomic E-state index is -0.639. The Labute approximate surface area is 167 Å². The molecule has 29 heavy (non-hydrogen) atoms. The van der Waals surface area contributed by atoms with Crippen LogP contribution in [0.15, 0.2) is 23.0 Å². The van der Waals surface area contributed by atoms with Gasteiger partial charge in [0.05, 0.1) is 6.61 Å². The van der Waals surface area contributed by atoms with Gasteiger partial charge in [0.15, 0.2) is 17.4 Å². The van der Waals surface area contributed by atoms with Crippen LogP contribution < -0.4 is 0 Å². The molecule has 2 aromatic heterocycles. The topological polar surface area (TPSA) is 111 Å². The zero-order chi connectivity index (χ0) is 20.5. The molecule has 1 N–H and O–H groups in total. The summed E-state index contributed by atoms with van der Waals surface area (Å²) in [5.41, 5.74) is 3.43. The van der Waals surface area contributed by atoms with Crippen molar-refractivity contribution in [3.63, 3.8) is 0 Å². The molecule has 8 nitrogen and oxygen atoms in total. The third-order valence-corrected chi connectivity index (χ3v) is 5.23. The minimum Gasteiger partial charge on any atom is -0.461 e. The first kappa shape index (κ1) is 19.0. The number of ketones is 1. The summed E-state index contributed by atoms with van der Waals surface area (Å²) in [5.74, 6) is 0.355. The van der Waals surface area contributed by atoms with Gasteiger partial charge in [-0.1, -0.05) is 24.2 Å². The molecule has 1 aromatic carbocycles. The van der Waals surface area contributed by atoms with Crippen molar-refractivity contribution in [3.8, 4) is 11.4 Å². The van der Waals surface area contributed by atoms with Gasteiger partial charge in [-0.25, -0.2) is 9.78 Å². The summed E-state index contributed by atoms with van der Waals surface area (Å²) in [6, 6.07) is 3.61. The van der Waals surface area contributed by atoms with E-state index in [9.17, 15) is 9.59 Å². The van der Waals surface area contributed by atoms with Crippen molar-refractivity contribution in [2.45, 2.75) is 46.0 Å². The summed E-state index contributed by atoms with van der Waals surface area (Å²) in [4.78, 5) is 30.2. The SMILES string of the molecule is CCOC(=O)c1noc(C2CC2)c1C(=O)c1ccc(-c2ncn[nH]2)c(C)c1CC. The van der Waals surface area contributed by atoms with Crippen LogP contribution in [0.25, 0.3) is 11.4 Å². The van der Waals surface area contributed by atoms with Crippen molar-refractivity contribution in [1.29, 1.82) is 0 Å². The van der Waals surface area contributed by atoms with Gasteiger partial charge in [-0.05, 0) is 44.2 Å². The molecule has 3 aromatic rings. The zero-order valence-corrected chi connectivity index (χ0v) is 16.6. The lowest BCUT2D eigenvalue weighted by molar-refractivity contribution is 0.0512. The molecule has 1 fully saturated rings. The first-order chi connectivity index (χ1) is 14.1. The molecule has 1 aliphatic rings. The van der Waals surface area contributed by atoms with Crippen LogP contribution in [0.4, 0.5) is 0 Å². The number of aromatic amines is 1. The van der Waals surface area contributed by atoms with Gasteiger partial charge in [0.2, 0.25) is 5.69 Å². The van der Waals surface area contributed by atoms with Gasteiger partial charge in [0, 0.05) is 17.0 Å². The van der Waals surface area contributed by atoms with Crippen LogP contribution in [0.3, 0.4) is 0 Å². The summed E-state index contributed by atoms with van der Waals surface area (Å²) >= 11 is 0. The van der Waals surface area contributed by atoms with Gasteiger partial charge in [-0.3, -0.25) is 9.89 Å². The van der Waals surface area contributed by atoms with Crippen LogP contribution in [-0.4, -0.2) is 38.7 Å². The van der Waals surface area contributed by atoms with E-state index in [1.54, 1.807) is 13.0 Å². The smallest absolute Gasteiger partial charge is 0.361 e. The number of rotatable bonds is 7. The molecule has 4 rings (SSSR count). The molecular weight excluding hydrogens is 372 g/mol. The number of H-pyrrole nitrogens is 1. The fourth-order valence-corrected chi connectivity index (χ4v) is 3.64. The number of ether oxygens (including phenoxy) is 1. The fourth-order valence-electron chi connectivity index (χ4n) is 3.64. The summed E-state index contributed by atoms with van der Waals surface area (Å²) in [5, 5.41) is 10.6. The lowest BCUT2D eigenvalue weighted by Crippen LogP contribution is -2.15. The van der Waals surface area contributed by atoms with E-state index in [1.165, 1.54) is 6.33 Å². The molecule has 2 heterocycles. The second-order valence-corrected chi connectivity index (χ2v) is 7.05. The summed E-state index contributed by atoms with van der Waals surface area (Å²) in [6.45, 7) is 5.85. The van der Waals surface area contributed by atoms with Crippen LogP contribution in [0.2, 0.25) is 0 Å². The van der Waals surface area contributed by atoms with Gasteiger partial charge >= 0.3 is 5.97 Å². The summed E-state index contributed by atoms with van der Waals surface area (Å²) in [6.07, 6.45) is 3.93. The van der Waals surface area contributed by atoms with E-state index in [0.717, 1.165) is 29.5 Å². The molecule has 0 amide bonds. The highest BCUT2D eigenvalue weighted by Gasteiger charge is 2.38. The minimum absolute atomic E-state index is 0.0437. The van der Waals surface area contributed by atoms with E-state index < -0.39 is 5.97 Å². The van der Waals surface area contributed by atoms with Crippen LogP contribution in [0, 0.1) is 6.92 Å². The highest BCUT2D eigenvalue weighted by molar-refractivity contribution is 6.15. The maximum Gasteiger partial charge on any atom is 0.361 e. The van der Waals surface area contributed by atoms with Gasteiger partial charge in [0.25, 0.3) is 0 Å². The molecule has 0 unspecified atom stereocenters. The molecule has 0 spiro atoms. The number of hydrogen-bond acceptors (Lipinski definition) is 7. The Morgan fingerprint density at radius 1 is 1.28 bits per heavy atom. The lowest BCUT2D eigenvalue weighted by Gasteiger charge is -2.14. The van der Waals surface area contributed by atoms with Crippen LogP contribution in [0.1, 0.15) is 75.9 Å². The Morgan fingerprint density at radius 2 is 2.07 bits per heavy atom. The number of carbonyl (C=O) groups is 2. The van der Waals surface area contributed by atoms with Crippen LogP contribution in [-0.2, 0) is 11.2 Å². The van der Waals surface area contributed by atoms with Gasteiger partial charge in [-0.15, -0.1) is 0 Å². The Hall–Kier alpha value is -3.29. The first-order valence-electron chi connectivity index (χ1n) is 9.76. The highest BCUT2D eigenvalue weighted by atomic mass is 16.5. The highest BCUT2D eigenvalue weighted by Crippen LogP contribution is 2.43. The third kappa shape index (κ3) is 3.35. The Bertz CT molecular complexity index is 1060. The Morgan fingerprint density at radius 3 is 2.69 bits per heavy atom. The van der Waals surface area contributed by atoms with Crippen molar-refractivity contribution >= 4 is 11.8 Å². The van der Waals surface area contributed by atoms with Crippen molar-refractivity contribution in [2.75, 3.05) is 6.61 Å². The van der Waals surface area contributed by atoms with Crippen molar-refractivity contribution < 1.29 is 18.8 Å². The number of benzene rings is 1. The van der Waals surface area contributed by atoms with E-state index in [0.29, 0.717) is 23.6 Å². The number of esters is 1. The number of hydrogen-bond donors (Lipinski definition) is 1. The maximum atomic E-state index is 13.6. The standard InChI is InChI=1S/C21H22N4O4/c1-4-13-11(3)14(20-22-10-23-24-20)8-9-15(13)18(26)16-17(21(27)28-5-2)25-29-19(16)12-6-7-12/h8-10,12H,4-7H2,1-3H3,(H,22,23,24). The summed E-state index contributed by atoms with van der Waals surface area (Å²) < 4.78 is 10.5. The van der Waals surface area contributed by atoms with E-state index >= 15 is 0 Å². The van der Waals surface area contributed by atoms with E-state index in [4.69, 9.17) is 9.26 Å². The monoisotopic (exact) mass is 394 g/mol. The van der Waals surface area contributed by atoms with Gasteiger partial charge in [0.1, 0.15) is 11.9 Å². The fraction of sp³-hybridized carbons (Fsp3) is 0.381. The average Bonchev–Trinajstić information content (AvgIpc) is 3.24. The number of carbonyl (C=O) groups excluding carboxylic acids is 2. The Kier molecular flexibility index (Phi) is 5.00. The molecule has 8 heteroatoms. The van der Waals surface area contributed by atoms with E-state index in [2.05, 4.69) is 20.3 Å². The zero-order valence-electron chi connectivity index (χ0n) is 16.6. The lowest BCUT2D eigenvalue weighted by atomic mass is 9.89. The number of nitrogens with one attached hydrogen (secondary N) is 1. The Balaban J connectivity index is 1.82. The molecule has 0 radical (unpaired) electrons. The molecule has 0 saturated heterocycles. The molecule has 0 bridgehead atoms. The largest absolute Gasteiger partial charge is 0.461 e. The predicted molar refractivity (Wildman–Crippen MR) is 104 cm³/mol. The summed E-state index contributed by atoms with van der Waals surface area (Å²) in [7, 11) is 0. The van der Waals surface area contributed by atoms with Gasteiger partial charge in [-0.2, -0.15) is 5.10 Å². The molecule has 150 valence electrons.